The molecule has 0 unspecified atom stereocenters. The number of carbonyl (C=O) groups is 2. The van der Waals surface area contributed by atoms with Gasteiger partial charge in [0.2, 0.25) is 0 Å². The highest BCUT2D eigenvalue weighted by atomic mass is 32.2. The van der Waals surface area contributed by atoms with E-state index in [9.17, 15) is 18.0 Å². The Kier molecular flexibility index (Phi) is 4.73. The molecule has 0 N–H and O–H groups in total. The molecule has 0 bridgehead atoms. The minimum atomic E-state index is -4.14. The third kappa shape index (κ3) is 3.04. The largest absolute Gasteiger partial charge is 0.465 e. The molecule has 132 valence electrons. The summed E-state index contributed by atoms with van der Waals surface area (Å²) >= 11 is 0. The second-order valence-electron chi connectivity index (χ2n) is 5.43. The first-order valence-electron chi connectivity index (χ1n) is 7.65. The second-order valence-corrected chi connectivity index (χ2v) is 7.21. The van der Waals surface area contributed by atoms with Crippen LogP contribution in [0, 0.1) is 0 Å². The lowest BCUT2D eigenvalue weighted by molar-refractivity contribution is 0.0596. The number of ether oxygens (including phenoxy) is 1. The van der Waals surface area contributed by atoms with Crippen LogP contribution in [-0.2, 0) is 14.8 Å². The minimum Gasteiger partial charge on any atom is -0.465 e. The molecule has 7 heteroatoms. The van der Waals surface area contributed by atoms with Crippen molar-refractivity contribution in [1.82, 2.24) is 3.97 Å². The maximum atomic E-state index is 13.2. The number of methoxy groups -OCH3 is 1. The number of esters is 1. The van der Waals surface area contributed by atoms with Gasteiger partial charge < -0.3 is 4.74 Å². The van der Waals surface area contributed by atoms with Gasteiger partial charge in [-0.25, -0.2) is 17.2 Å². The standard InChI is InChI=1S/C19H15NO5S/c1-25-19(22)16-9-5-6-10-18(16)26(23,24)20-12-14(13-21)11-17(20)15-7-3-2-4-8-15/h2-13H,1H3. The van der Waals surface area contributed by atoms with Crippen molar-refractivity contribution in [2.45, 2.75) is 4.90 Å². The third-order valence-corrected chi connectivity index (χ3v) is 5.57. The topological polar surface area (TPSA) is 82.4 Å². The van der Waals surface area contributed by atoms with Crippen LogP contribution in [0.3, 0.4) is 0 Å². The first-order chi connectivity index (χ1) is 12.5. The monoisotopic (exact) mass is 369 g/mol. The van der Waals surface area contributed by atoms with Crippen molar-refractivity contribution in [2.75, 3.05) is 7.11 Å². The van der Waals surface area contributed by atoms with Crippen LogP contribution in [0.2, 0.25) is 0 Å². The minimum absolute atomic E-state index is 0.0737. The van der Waals surface area contributed by atoms with Crippen molar-refractivity contribution in [2.24, 2.45) is 0 Å². The van der Waals surface area contributed by atoms with Gasteiger partial charge in [0.05, 0.1) is 18.4 Å². The number of benzene rings is 2. The van der Waals surface area contributed by atoms with E-state index in [1.54, 1.807) is 36.4 Å². The summed E-state index contributed by atoms with van der Waals surface area (Å²) in [5, 5.41) is 0. The molecule has 3 rings (SSSR count). The molecule has 0 amide bonds. The molecule has 0 saturated carbocycles. The van der Waals surface area contributed by atoms with Gasteiger partial charge in [-0.3, -0.25) is 4.79 Å². The number of carbonyl (C=O) groups excluding carboxylic acids is 2. The van der Waals surface area contributed by atoms with Crippen molar-refractivity contribution >= 4 is 22.3 Å². The summed E-state index contributed by atoms with van der Waals surface area (Å²) in [6.45, 7) is 0. The molecule has 0 atom stereocenters. The molecular weight excluding hydrogens is 354 g/mol. The molecule has 3 aromatic rings. The molecule has 1 heterocycles. The fraction of sp³-hybridized carbons (Fsp3) is 0.0526. The number of hydrogen-bond acceptors (Lipinski definition) is 5. The predicted molar refractivity (Wildman–Crippen MR) is 95.6 cm³/mol. The lowest BCUT2D eigenvalue weighted by Gasteiger charge is -2.13. The number of hydrogen-bond donors (Lipinski definition) is 0. The molecule has 0 aliphatic rings. The highest BCUT2D eigenvalue weighted by molar-refractivity contribution is 7.90. The van der Waals surface area contributed by atoms with E-state index in [-0.39, 0.29) is 16.0 Å². The zero-order valence-corrected chi connectivity index (χ0v) is 14.6. The number of aldehydes is 1. The highest BCUT2D eigenvalue weighted by Gasteiger charge is 2.27. The van der Waals surface area contributed by atoms with Gasteiger partial charge in [-0.1, -0.05) is 42.5 Å². The summed E-state index contributed by atoms with van der Waals surface area (Å²) in [4.78, 5) is 23.0. The Balaban J connectivity index is 2.26. The summed E-state index contributed by atoms with van der Waals surface area (Å²) in [6.07, 6.45) is 1.81. The van der Waals surface area contributed by atoms with E-state index in [0.717, 1.165) is 3.97 Å². The van der Waals surface area contributed by atoms with E-state index in [1.165, 1.54) is 37.6 Å². The molecule has 0 radical (unpaired) electrons. The van der Waals surface area contributed by atoms with Crippen molar-refractivity contribution < 1.29 is 22.7 Å². The average Bonchev–Trinajstić information content (AvgIpc) is 3.13. The Bertz CT molecular complexity index is 1070. The van der Waals surface area contributed by atoms with Crippen molar-refractivity contribution in [3.05, 3.63) is 78.0 Å². The molecule has 26 heavy (non-hydrogen) atoms. The van der Waals surface area contributed by atoms with Gasteiger partial charge in [-0.05, 0) is 23.8 Å². The van der Waals surface area contributed by atoms with Gasteiger partial charge in [0.25, 0.3) is 10.0 Å². The van der Waals surface area contributed by atoms with Crippen molar-refractivity contribution in [3.63, 3.8) is 0 Å². The lowest BCUT2D eigenvalue weighted by atomic mass is 10.1. The van der Waals surface area contributed by atoms with Crippen molar-refractivity contribution in [3.8, 4) is 11.3 Å². The van der Waals surface area contributed by atoms with Crippen LogP contribution in [0.1, 0.15) is 20.7 Å². The zero-order valence-electron chi connectivity index (χ0n) is 13.8. The Morgan fingerprint density at radius 2 is 1.69 bits per heavy atom. The van der Waals surface area contributed by atoms with Crippen LogP contribution in [0.25, 0.3) is 11.3 Å². The lowest BCUT2D eigenvalue weighted by Crippen LogP contribution is -2.17. The molecule has 0 aliphatic heterocycles. The van der Waals surface area contributed by atoms with Gasteiger partial charge in [-0.2, -0.15) is 0 Å². The summed E-state index contributed by atoms with van der Waals surface area (Å²) in [6, 6.07) is 16.1. The summed E-state index contributed by atoms with van der Waals surface area (Å²) < 4.78 is 32.2. The Hall–Kier alpha value is -3.19. The quantitative estimate of drug-likeness (QED) is 0.510. The normalized spacial score (nSPS) is 11.1. The highest BCUT2D eigenvalue weighted by Crippen LogP contribution is 2.28. The zero-order chi connectivity index (χ0) is 18.7. The van der Waals surface area contributed by atoms with Crippen LogP contribution < -0.4 is 0 Å². The Morgan fingerprint density at radius 1 is 1.04 bits per heavy atom. The van der Waals surface area contributed by atoms with E-state index in [1.807, 2.05) is 0 Å². The summed E-state index contributed by atoms with van der Waals surface area (Å²) in [7, 11) is -2.95. The number of nitrogens with zero attached hydrogens (tertiary/aromatic N) is 1. The van der Waals surface area contributed by atoms with E-state index >= 15 is 0 Å². The summed E-state index contributed by atoms with van der Waals surface area (Å²) in [5.74, 6) is -0.756. The van der Waals surface area contributed by atoms with Crippen LogP contribution in [0.5, 0.6) is 0 Å². The van der Waals surface area contributed by atoms with E-state index in [4.69, 9.17) is 0 Å². The fourth-order valence-electron chi connectivity index (χ4n) is 2.62. The number of rotatable bonds is 5. The van der Waals surface area contributed by atoms with Crippen molar-refractivity contribution in [1.29, 1.82) is 0 Å². The maximum absolute atomic E-state index is 13.2. The van der Waals surface area contributed by atoms with Gasteiger partial charge in [0.15, 0.2) is 6.29 Å². The van der Waals surface area contributed by atoms with Gasteiger partial charge in [-0.15, -0.1) is 0 Å². The van der Waals surface area contributed by atoms with Crippen LogP contribution >= 0.6 is 0 Å². The molecule has 1 aromatic heterocycles. The molecule has 2 aromatic carbocycles. The number of aromatic nitrogens is 1. The van der Waals surface area contributed by atoms with Gasteiger partial charge in [0.1, 0.15) is 4.90 Å². The van der Waals surface area contributed by atoms with Gasteiger partial charge in [0, 0.05) is 11.8 Å². The Labute approximate surface area is 150 Å². The van der Waals surface area contributed by atoms with Crippen LogP contribution in [0.4, 0.5) is 0 Å². The molecule has 6 nitrogen and oxygen atoms in total. The van der Waals surface area contributed by atoms with Crippen LogP contribution in [0.15, 0.2) is 71.8 Å². The SMILES string of the molecule is COC(=O)c1ccccc1S(=O)(=O)n1cc(C=O)cc1-c1ccccc1. The molecular formula is C19H15NO5S. The fourth-order valence-corrected chi connectivity index (χ4v) is 4.19. The smallest absolute Gasteiger partial charge is 0.339 e. The average molecular weight is 369 g/mol. The van der Waals surface area contributed by atoms with Gasteiger partial charge >= 0.3 is 5.97 Å². The van der Waals surface area contributed by atoms with E-state index in [2.05, 4.69) is 4.74 Å². The first kappa shape index (κ1) is 17.6. The maximum Gasteiger partial charge on any atom is 0.339 e. The van der Waals surface area contributed by atoms with Crippen LogP contribution in [-0.4, -0.2) is 31.8 Å². The third-order valence-electron chi connectivity index (χ3n) is 3.84. The molecule has 0 fully saturated rings. The molecule has 0 spiro atoms. The predicted octanol–water partition coefficient (Wildman–Crippen LogP) is 2.99. The Morgan fingerprint density at radius 3 is 2.35 bits per heavy atom. The van der Waals surface area contributed by atoms with E-state index in [0.29, 0.717) is 17.5 Å². The van der Waals surface area contributed by atoms with E-state index < -0.39 is 16.0 Å². The second kappa shape index (κ2) is 6.97. The first-order valence-corrected chi connectivity index (χ1v) is 9.09. The summed E-state index contributed by atoms with van der Waals surface area (Å²) in [5.41, 5.74) is 1.09. The molecule has 0 saturated heterocycles. The molecule has 0 aliphatic carbocycles.